The van der Waals surface area contributed by atoms with Crippen molar-refractivity contribution >= 4 is 0 Å². The lowest BCUT2D eigenvalue weighted by atomic mass is 10.1. The number of ether oxygens (including phenoxy) is 1. The van der Waals surface area contributed by atoms with E-state index in [0.29, 0.717) is 12.6 Å². The van der Waals surface area contributed by atoms with E-state index < -0.39 is 0 Å². The molecule has 1 fully saturated rings. The Morgan fingerprint density at radius 2 is 1.85 bits per heavy atom. The highest BCUT2D eigenvalue weighted by molar-refractivity contribution is 5.33. The van der Waals surface area contributed by atoms with E-state index in [1.54, 1.807) is 0 Å². The molecule has 4 heteroatoms. The van der Waals surface area contributed by atoms with Crippen molar-refractivity contribution in [3.63, 3.8) is 0 Å². The zero-order valence-electron chi connectivity index (χ0n) is 11.9. The fourth-order valence-electron chi connectivity index (χ4n) is 3.15. The standard InChI is InChI=1S/C16H24N2O2/c19-16(12-18-5-7-20-8-6-18)11-17-15-9-13-3-1-2-4-14(13)10-15/h1-4,15-17,19H,5-12H2. The molecule has 1 unspecified atom stereocenters. The third-order valence-corrected chi connectivity index (χ3v) is 4.27. The van der Waals surface area contributed by atoms with Crippen LogP contribution in [0.15, 0.2) is 24.3 Å². The highest BCUT2D eigenvalue weighted by atomic mass is 16.5. The van der Waals surface area contributed by atoms with Crippen molar-refractivity contribution in [2.75, 3.05) is 39.4 Å². The number of hydrogen-bond donors (Lipinski definition) is 2. The van der Waals surface area contributed by atoms with Gasteiger partial charge in [0.1, 0.15) is 0 Å². The highest BCUT2D eigenvalue weighted by Crippen LogP contribution is 2.21. The fraction of sp³-hybridized carbons (Fsp3) is 0.625. The minimum absolute atomic E-state index is 0.295. The number of aliphatic hydroxyl groups is 1. The molecule has 2 aliphatic rings. The average molecular weight is 276 g/mol. The van der Waals surface area contributed by atoms with E-state index in [9.17, 15) is 5.11 Å². The summed E-state index contributed by atoms with van der Waals surface area (Å²) in [6.45, 7) is 4.88. The number of benzene rings is 1. The zero-order valence-corrected chi connectivity index (χ0v) is 11.9. The van der Waals surface area contributed by atoms with Crippen molar-refractivity contribution in [3.8, 4) is 0 Å². The summed E-state index contributed by atoms with van der Waals surface area (Å²) in [5.41, 5.74) is 2.90. The van der Waals surface area contributed by atoms with Crippen LogP contribution < -0.4 is 5.32 Å². The van der Waals surface area contributed by atoms with Crippen molar-refractivity contribution in [1.29, 1.82) is 0 Å². The molecule has 1 aromatic rings. The SMILES string of the molecule is OC(CNC1Cc2ccccc2C1)CN1CCOCC1. The second-order valence-electron chi connectivity index (χ2n) is 5.85. The molecule has 0 radical (unpaired) electrons. The third-order valence-electron chi connectivity index (χ3n) is 4.27. The molecule has 0 amide bonds. The first-order valence-electron chi connectivity index (χ1n) is 7.59. The summed E-state index contributed by atoms with van der Waals surface area (Å²) in [6, 6.07) is 9.11. The summed E-state index contributed by atoms with van der Waals surface area (Å²) in [7, 11) is 0. The second-order valence-corrected chi connectivity index (χ2v) is 5.85. The van der Waals surface area contributed by atoms with Gasteiger partial charge in [-0.3, -0.25) is 4.90 Å². The molecule has 1 aliphatic heterocycles. The molecule has 0 aromatic heterocycles. The van der Waals surface area contributed by atoms with Crippen LogP contribution in [0.2, 0.25) is 0 Å². The molecule has 3 rings (SSSR count). The molecule has 20 heavy (non-hydrogen) atoms. The van der Waals surface area contributed by atoms with E-state index in [-0.39, 0.29) is 6.10 Å². The summed E-state index contributed by atoms with van der Waals surface area (Å²) in [5, 5.41) is 13.6. The molecule has 1 atom stereocenters. The van der Waals surface area contributed by atoms with Crippen molar-refractivity contribution in [1.82, 2.24) is 10.2 Å². The number of fused-ring (bicyclic) bond motifs is 1. The fourth-order valence-corrected chi connectivity index (χ4v) is 3.15. The van der Waals surface area contributed by atoms with E-state index in [1.165, 1.54) is 11.1 Å². The first-order chi connectivity index (χ1) is 9.81. The van der Waals surface area contributed by atoms with Crippen LogP contribution in [0.5, 0.6) is 0 Å². The molecule has 0 saturated carbocycles. The Bertz CT molecular complexity index is 407. The van der Waals surface area contributed by atoms with Crippen molar-refractivity contribution in [2.45, 2.75) is 25.0 Å². The van der Waals surface area contributed by atoms with Gasteiger partial charge < -0.3 is 15.2 Å². The number of rotatable bonds is 5. The largest absolute Gasteiger partial charge is 0.390 e. The smallest absolute Gasteiger partial charge is 0.0791 e. The van der Waals surface area contributed by atoms with E-state index in [2.05, 4.69) is 34.5 Å². The molecule has 0 bridgehead atoms. The van der Waals surface area contributed by atoms with Gasteiger partial charge in [-0.1, -0.05) is 24.3 Å². The Labute approximate surface area is 120 Å². The number of aliphatic hydroxyl groups excluding tert-OH is 1. The van der Waals surface area contributed by atoms with Gasteiger partial charge in [-0.2, -0.15) is 0 Å². The third kappa shape index (κ3) is 3.58. The lowest BCUT2D eigenvalue weighted by Crippen LogP contribution is -2.45. The summed E-state index contributed by atoms with van der Waals surface area (Å²) < 4.78 is 5.32. The molecular formula is C16H24N2O2. The number of β-amino-alcohol motifs (C(OH)–C–C–N with tert-alkyl or cyclic N) is 1. The second kappa shape index (κ2) is 6.68. The minimum Gasteiger partial charge on any atom is -0.390 e. The Morgan fingerprint density at radius 3 is 2.50 bits per heavy atom. The van der Waals surface area contributed by atoms with Crippen LogP contribution in [0.1, 0.15) is 11.1 Å². The normalized spacial score (nSPS) is 21.9. The summed E-state index contributed by atoms with van der Waals surface area (Å²) in [5.74, 6) is 0. The Kier molecular flexibility index (Phi) is 4.68. The van der Waals surface area contributed by atoms with Gasteiger partial charge in [-0.25, -0.2) is 0 Å². The molecule has 1 aromatic carbocycles. The monoisotopic (exact) mass is 276 g/mol. The maximum absolute atomic E-state index is 10.1. The lowest BCUT2D eigenvalue weighted by molar-refractivity contribution is 0.0145. The molecule has 110 valence electrons. The first-order valence-corrected chi connectivity index (χ1v) is 7.59. The minimum atomic E-state index is -0.295. The van der Waals surface area contributed by atoms with Crippen LogP contribution in [0.4, 0.5) is 0 Å². The van der Waals surface area contributed by atoms with Crippen LogP contribution in [0, 0.1) is 0 Å². The van der Waals surface area contributed by atoms with Gasteiger partial charge in [0.05, 0.1) is 19.3 Å². The summed E-state index contributed by atoms with van der Waals surface area (Å²) in [6.07, 6.45) is 1.87. The topological polar surface area (TPSA) is 44.7 Å². The number of hydrogen-bond acceptors (Lipinski definition) is 4. The highest BCUT2D eigenvalue weighted by Gasteiger charge is 2.21. The van der Waals surface area contributed by atoms with Crippen molar-refractivity contribution < 1.29 is 9.84 Å². The van der Waals surface area contributed by atoms with Gasteiger partial charge in [0.25, 0.3) is 0 Å². The average Bonchev–Trinajstić information content (AvgIpc) is 2.89. The summed E-state index contributed by atoms with van der Waals surface area (Å²) in [4.78, 5) is 2.28. The molecule has 0 spiro atoms. The van der Waals surface area contributed by atoms with E-state index in [1.807, 2.05) is 0 Å². The predicted molar refractivity (Wildman–Crippen MR) is 78.9 cm³/mol. The van der Waals surface area contributed by atoms with Gasteiger partial charge >= 0.3 is 0 Å². The van der Waals surface area contributed by atoms with Crippen LogP contribution >= 0.6 is 0 Å². The Hall–Kier alpha value is -0.940. The molecule has 4 nitrogen and oxygen atoms in total. The quantitative estimate of drug-likeness (QED) is 0.819. The molecule has 2 N–H and O–H groups in total. The maximum atomic E-state index is 10.1. The maximum Gasteiger partial charge on any atom is 0.0791 e. The zero-order chi connectivity index (χ0) is 13.8. The first kappa shape index (κ1) is 14.0. The molecular weight excluding hydrogens is 252 g/mol. The molecule has 1 heterocycles. The van der Waals surface area contributed by atoms with E-state index in [0.717, 1.165) is 45.7 Å². The van der Waals surface area contributed by atoms with Crippen LogP contribution in [0.3, 0.4) is 0 Å². The Morgan fingerprint density at radius 1 is 1.20 bits per heavy atom. The number of morpholine rings is 1. The van der Waals surface area contributed by atoms with Gasteiger partial charge in [-0.15, -0.1) is 0 Å². The van der Waals surface area contributed by atoms with Crippen molar-refractivity contribution in [3.05, 3.63) is 35.4 Å². The lowest BCUT2D eigenvalue weighted by Gasteiger charge is -2.29. The molecule has 1 saturated heterocycles. The number of nitrogens with zero attached hydrogens (tertiary/aromatic N) is 1. The van der Waals surface area contributed by atoms with Crippen molar-refractivity contribution in [2.24, 2.45) is 0 Å². The van der Waals surface area contributed by atoms with Gasteiger partial charge in [0, 0.05) is 32.2 Å². The Balaban J connectivity index is 1.39. The number of nitrogens with one attached hydrogen (secondary N) is 1. The van der Waals surface area contributed by atoms with Crippen LogP contribution in [-0.2, 0) is 17.6 Å². The van der Waals surface area contributed by atoms with Gasteiger partial charge in [0.2, 0.25) is 0 Å². The van der Waals surface area contributed by atoms with Crippen LogP contribution in [0.25, 0.3) is 0 Å². The van der Waals surface area contributed by atoms with E-state index >= 15 is 0 Å². The van der Waals surface area contributed by atoms with Gasteiger partial charge in [-0.05, 0) is 24.0 Å². The predicted octanol–water partition coefficient (Wildman–Crippen LogP) is 0.436. The summed E-state index contributed by atoms with van der Waals surface area (Å²) >= 11 is 0. The van der Waals surface area contributed by atoms with Gasteiger partial charge in [0.15, 0.2) is 0 Å². The molecule has 1 aliphatic carbocycles. The van der Waals surface area contributed by atoms with Crippen LogP contribution in [-0.4, -0.2) is 61.5 Å². The van der Waals surface area contributed by atoms with E-state index in [4.69, 9.17) is 4.74 Å².